The Morgan fingerprint density at radius 2 is 2.20 bits per heavy atom. The van der Waals surface area contributed by atoms with Gasteiger partial charge in [0.05, 0.1) is 0 Å². The minimum Gasteiger partial charge on any atom is -0.366 e. The van der Waals surface area contributed by atoms with E-state index in [9.17, 15) is 0 Å². The van der Waals surface area contributed by atoms with Crippen LogP contribution in [0.1, 0.15) is 12.6 Å². The van der Waals surface area contributed by atoms with Crippen molar-refractivity contribution in [2.24, 2.45) is 0 Å². The second-order valence-corrected chi connectivity index (χ2v) is 4.46. The molecule has 1 atom stereocenters. The van der Waals surface area contributed by atoms with Crippen LogP contribution in [-0.2, 0) is 0 Å². The summed E-state index contributed by atoms with van der Waals surface area (Å²) in [5.74, 6) is 0. The lowest BCUT2D eigenvalue weighted by Crippen LogP contribution is -2.50. The fraction of sp³-hybridized carbons (Fsp3) is 0.583. The van der Waals surface area contributed by atoms with Crippen molar-refractivity contribution < 1.29 is 0 Å². The van der Waals surface area contributed by atoms with Gasteiger partial charge in [-0.15, -0.1) is 0 Å². The maximum absolute atomic E-state index is 4.24. The van der Waals surface area contributed by atoms with E-state index < -0.39 is 0 Å². The second-order valence-electron chi connectivity index (χ2n) is 4.46. The summed E-state index contributed by atoms with van der Waals surface area (Å²) in [5, 5.41) is 0. The maximum Gasteiger partial charge on any atom is 0.0403 e. The van der Waals surface area contributed by atoms with Crippen molar-refractivity contribution >= 4 is 5.69 Å². The first-order valence-electron chi connectivity index (χ1n) is 5.54. The van der Waals surface area contributed by atoms with Crippen LogP contribution >= 0.6 is 0 Å². The van der Waals surface area contributed by atoms with Crippen LogP contribution in [0.3, 0.4) is 0 Å². The molecule has 0 radical (unpaired) electrons. The molecule has 0 aromatic carbocycles. The molecule has 0 amide bonds. The quantitative estimate of drug-likeness (QED) is 0.693. The number of anilines is 1. The van der Waals surface area contributed by atoms with E-state index in [0.717, 1.165) is 25.3 Å². The summed E-state index contributed by atoms with van der Waals surface area (Å²) in [7, 11) is 2.19. The van der Waals surface area contributed by atoms with Crippen LogP contribution in [0.15, 0.2) is 18.3 Å². The van der Waals surface area contributed by atoms with E-state index in [1.54, 1.807) is 0 Å². The molecule has 1 aromatic rings. The van der Waals surface area contributed by atoms with Gasteiger partial charge in [-0.25, -0.2) is 0 Å². The van der Waals surface area contributed by atoms with E-state index in [1.807, 2.05) is 13.1 Å². The van der Waals surface area contributed by atoms with Gasteiger partial charge in [0.25, 0.3) is 0 Å². The van der Waals surface area contributed by atoms with E-state index in [1.165, 1.54) is 5.69 Å². The Bertz CT molecular complexity index is 337. The fourth-order valence-electron chi connectivity index (χ4n) is 2.23. The van der Waals surface area contributed by atoms with Gasteiger partial charge in [-0.1, -0.05) is 0 Å². The van der Waals surface area contributed by atoms with E-state index in [2.05, 4.69) is 40.9 Å². The van der Waals surface area contributed by atoms with Crippen molar-refractivity contribution in [2.75, 3.05) is 31.6 Å². The lowest BCUT2D eigenvalue weighted by atomic mass is 10.1. The van der Waals surface area contributed by atoms with Gasteiger partial charge in [0.1, 0.15) is 0 Å². The Hall–Kier alpha value is -1.09. The number of pyridine rings is 1. The second kappa shape index (κ2) is 4.19. The molecule has 2 heterocycles. The standard InChI is InChI=1S/C12H19N3/c1-10-8-12(4-5-13-10)15-7-6-14(3)9-11(15)2/h4-5,8,11H,6-7,9H2,1-3H3/t11-/m0/s1. The lowest BCUT2D eigenvalue weighted by molar-refractivity contribution is 0.275. The molecule has 1 aromatic heterocycles. The third kappa shape index (κ3) is 2.29. The zero-order valence-corrected chi connectivity index (χ0v) is 9.77. The zero-order chi connectivity index (χ0) is 10.8. The van der Waals surface area contributed by atoms with Crippen molar-refractivity contribution in [1.82, 2.24) is 9.88 Å². The van der Waals surface area contributed by atoms with Gasteiger partial charge < -0.3 is 9.80 Å². The number of piperazine rings is 1. The van der Waals surface area contributed by atoms with E-state index in [0.29, 0.717) is 6.04 Å². The van der Waals surface area contributed by atoms with Crippen LogP contribution in [0.5, 0.6) is 0 Å². The molecule has 1 fully saturated rings. The molecule has 2 rings (SSSR count). The molecule has 3 heteroatoms. The average Bonchev–Trinajstić information content (AvgIpc) is 2.17. The van der Waals surface area contributed by atoms with Gasteiger partial charge in [0, 0.05) is 43.3 Å². The number of nitrogens with zero attached hydrogens (tertiary/aromatic N) is 3. The van der Waals surface area contributed by atoms with Gasteiger partial charge >= 0.3 is 0 Å². The first kappa shape index (κ1) is 10.4. The monoisotopic (exact) mass is 205 g/mol. The van der Waals surface area contributed by atoms with Crippen molar-refractivity contribution in [3.63, 3.8) is 0 Å². The number of hydrogen-bond donors (Lipinski definition) is 0. The highest BCUT2D eigenvalue weighted by Gasteiger charge is 2.21. The van der Waals surface area contributed by atoms with Crippen LogP contribution in [-0.4, -0.2) is 42.6 Å². The Labute approximate surface area is 91.7 Å². The van der Waals surface area contributed by atoms with Crippen LogP contribution in [0.4, 0.5) is 5.69 Å². The molecule has 0 bridgehead atoms. The highest BCUT2D eigenvalue weighted by Crippen LogP contribution is 2.19. The van der Waals surface area contributed by atoms with Gasteiger partial charge in [0.15, 0.2) is 0 Å². The largest absolute Gasteiger partial charge is 0.366 e. The van der Waals surface area contributed by atoms with Gasteiger partial charge in [-0.05, 0) is 33.0 Å². The minimum atomic E-state index is 0.588. The molecule has 1 saturated heterocycles. The first-order valence-corrected chi connectivity index (χ1v) is 5.54. The van der Waals surface area contributed by atoms with E-state index >= 15 is 0 Å². The summed E-state index contributed by atoms with van der Waals surface area (Å²) in [6.45, 7) is 7.73. The molecule has 0 aliphatic carbocycles. The van der Waals surface area contributed by atoms with Gasteiger partial charge in [-0.3, -0.25) is 4.98 Å². The molecule has 0 saturated carbocycles. The number of aromatic nitrogens is 1. The molecule has 15 heavy (non-hydrogen) atoms. The first-order chi connectivity index (χ1) is 7.16. The predicted molar refractivity (Wildman–Crippen MR) is 63.3 cm³/mol. The Balaban J connectivity index is 2.17. The van der Waals surface area contributed by atoms with Crippen molar-refractivity contribution in [1.29, 1.82) is 0 Å². The minimum absolute atomic E-state index is 0.588. The summed E-state index contributed by atoms with van der Waals surface area (Å²) >= 11 is 0. The van der Waals surface area contributed by atoms with Crippen LogP contribution < -0.4 is 4.90 Å². The molecule has 0 N–H and O–H groups in total. The smallest absolute Gasteiger partial charge is 0.0403 e. The zero-order valence-electron chi connectivity index (χ0n) is 9.77. The van der Waals surface area contributed by atoms with Crippen molar-refractivity contribution in [3.8, 4) is 0 Å². The molecule has 0 spiro atoms. The topological polar surface area (TPSA) is 19.4 Å². The summed E-state index contributed by atoms with van der Waals surface area (Å²) < 4.78 is 0. The summed E-state index contributed by atoms with van der Waals surface area (Å²) in [5.41, 5.74) is 2.40. The molecular formula is C12H19N3. The number of hydrogen-bond acceptors (Lipinski definition) is 3. The third-order valence-corrected chi connectivity index (χ3v) is 3.04. The molecule has 1 aliphatic heterocycles. The van der Waals surface area contributed by atoms with Crippen LogP contribution in [0, 0.1) is 6.92 Å². The summed E-state index contributed by atoms with van der Waals surface area (Å²) in [6, 6.07) is 4.86. The molecule has 3 nitrogen and oxygen atoms in total. The molecule has 1 aliphatic rings. The van der Waals surface area contributed by atoms with Crippen molar-refractivity contribution in [3.05, 3.63) is 24.0 Å². The summed E-state index contributed by atoms with van der Waals surface area (Å²) in [4.78, 5) is 9.09. The molecular weight excluding hydrogens is 186 g/mol. The average molecular weight is 205 g/mol. The number of aryl methyl sites for hydroxylation is 1. The SMILES string of the molecule is Cc1cc(N2CCN(C)C[C@@H]2C)ccn1. The lowest BCUT2D eigenvalue weighted by Gasteiger charge is -2.39. The van der Waals surface area contributed by atoms with Gasteiger partial charge in [0.2, 0.25) is 0 Å². The van der Waals surface area contributed by atoms with E-state index in [4.69, 9.17) is 0 Å². The number of rotatable bonds is 1. The molecule has 0 unspecified atom stereocenters. The summed E-state index contributed by atoms with van der Waals surface area (Å²) in [6.07, 6.45) is 1.90. The van der Waals surface area contributed by atoms with Gasteiger partial charge in [-0.2, -0.15) is 0 Å². The normalized spacial score (nSPS) is 23.1. The van der Waals surface area contributed by atoms with Crippen LogP contribution in [0.2, 0.25) is 0 Å². The number of likely N-dealkylation sites (N-methyl/N-ethyl adjacent to an activating group) is 1. The third-order valence-electron chi connectivity index (χ3n) is 3.04. The Morgan fingerprint density at radius 1 is 1.40 bits per heavy atom. The highest BCUT2D eigenvalue weighted by atomic mass is 15.3. The molecule has 82 valence electrons. The predicted octanol–water partition coefficient (Wildman–Crippen LogP) is 1.53. The fourth-order valence-corrected chi connectivity index (χ4v) is 2.23. The van der Waals surface area contributed by atoms with Crippen LogP contribution in [0.25, 0.3) is 0 Å². The van der Waals surface area contributed by atoms with E-state index in [-0.39, 0.29) is 0 Å². The van der Waals surface area contributed by atoms with Crippen molar-refractivity contribution in [2.45, 2.75) is 19.9 Å². The maximum atomic E-state index is 4.24. The Kier molecular flexibility index (Phi) is 2.91. The Morgan fingerprint density at radius 3 is 2.87 bits per heavy atom. The highest BCUT2D eigenvalue weighted by molar-refractivity contribution is 5.47.